The normalized spacial score (nSPS) is 10.8. The molecule has 0 aliphatic carbocycles. The minimum Gasteiger partial charge on any atom is -0.388 e. The molecule has 0 atom stereocenters. The van der Waals surface area contributed by atoms with E-state index in [1.165, 1.54) is 11.3 Å². The largest absolute Gasteiger partial charge is 0.388 e. The fourth-order valence-electron chi connectivity index (χ4n) is 1.69. The second kappa shape index (κ2) is 9.39. The molecule has 0 amide bonds. The Morgan fingerprint density at radius 2 is 1.64 bits per heavy atom. The summed E-state index contributed by atoms with van der Waals surface area (Å²) >= 11 is 0. The lowest BCUT2D eigenvalue weighted by molar-refractivity contribution is 0.341. The van der Waals surface area contributed by atoms with Crippen LogP contribution in [0.4, 0.5) is 9.57 Å². The van der Waals surface area contributed by atoms with Crippen LogP contribution < -0.4 is 16.5 Å². The molecule has 1 aromatic rings. The van der Waals surface area contributed by atoms with E-state index in [2.05, 4.69) is 55.3 Å². The van der Waals surface area contributed by atoms with E-state index in [1.54, 1.807) is 5.01 Å². The predicted molar refractivity (Wildman–Crippen MR) is 89.0 cm³/mol. The molecule has 1 rings (SSSR count). The van der Waals surface area contributed by atoms with Crippen LogP contribution in [-0.4, -0.2) is 33.6 Å². The summed E-state index contributed by atoms with van der Waals surface area (Å²) in [6.07, 6.45) is 0. The number of rotatable bonds is 6. The Balaban J connectivity index is 0.000000534. The fraction of sp³-hybridized carbons (Fsp3) is 0.429. The second-order valence-corrected chi connectivity index (χ2v) is 6.06. The highest BCUT2D eigenvalue weighted by molar-refractivity contribution is 7.90. The second-order valence-electron chi connectivity index (χ2n) is 4.66. The quantitative estimate of drug-likeness (QED) is 0.466. The van der Waals surface area contributed by atoms with Crippen molar-refractivity contribution in [2.24, 2.45) is 11.6 Å². The van der Waals surface area contributed by atoms with Crippen molar-refractivity contribution in [2.45, 2.75) is 20.4 Å². The fourth-order valence-corrected chi connectivity index (χ4v) is 1.69. The smallest absolute Gasteiger partial charge is 0.346 e. The topological polar surface area (TPSA) is 92.7 Å². The minimum absolute atomic E-state index is 0.790. The number of hydrogen-bond donors (Lipinski definition) is 2. The van der Waals surface area contributed by atoms with Gasteiger partial charge in [-0.25, -0.2) is 5.01 Å². The Morgan fingerprint density at radius 1 is 1.23 bits per heavy atom. The first-order valence-corrected chi connectivity index (χ1v) is 8.18. The van der Waals surface area contributed by atoms with E-state index in [-0.39, 0.29) is 0 Å². The maximum Gasteiger partial charge on any atom is 0.346 e. The van der Waals surface area contributed by atoms with Gasteiger partial charge in [0.25, 0.3) is 0 Å². The van der Waals surface area contributed by atoms with E-state index < -0.39 is 15.3 Å². The molecule has 4 N–H and O–H groups in total. The van der Waals surface area contributed by atoms with Gasteiger partial charge in [-0.2, -0.15) is 8.42 Å². The molecule has 0 fully saturated rings. The third-order valence-electron chi connectivity index (χ3n) is 2.81. The van der Waals surface area contributed by atoms with Crippen molar-refractivity contribution < 1.29 is 12.3 Å². The zero-order valence-corrected chi connectivity index (χ0v) is 14.1. The van der Waals surface area contributed by atoms with E-state index >= 15 is 0 Å². The van der Waals surface area contributed by atoms with Gasteiger partial charge in [0, 0.05) is 32.4 Å². The van der Waals surface area contributed by atoms with E-state index in [0.29, 0.717) is 0 Å². The molecule has 6 nitrogen and oxygen atoms in total. The van der Waals surface area contributed by atoms with Crippen molar-refractivity contribution in [2.75, 3.05) is 25.0 Å². The zero-order chi connectivity index (χ0) is 17.3. The van der Waals surface area contributed by atoms with Gasteiger partial charge in [0.1, 0.15) is 0 Å². The van der Waals surface area contributed by atoms with Crippen molar-refractivity contribution in [3.8, 4) is 0 Å². The molecule has 0 aromatic heterocycles. The van der Waals surface area contributed by atoms with Gasteiger partial charge in [-0.05, 0) is 31.5 Å². The molecule has 8 heteroatoms. The Hall–Kier alpha value is -1.64. The van der Waals surface area contributed by atoms with Gasteiger partial charge in [-0.3, -0.25) is 5.84 Å². The molecule has 0 aliphatic heterocycles. The first kappa shape index (κ1) is 20.4. The lowest BCUT2D eigenvalue weighted by Gasteiger charge is -2.21. The number of hydrazine groups is 1. The third kappa shape index (κ3) is 7.96. The number of hydrogen-bond acceptors (Lipinski definition) is 6. The van der Waals surface area contributed by atoms with Crippen LogP contribution in [0.2, 0.25) is 0 Å². The first-order valence-electron chi connectivity index (χ1n) is 6.80. The molecular weight excluding hydrogens is 307 g/mol. The molecule has 0 aliphatic rings. The highest BCUT2D eigenvalue weighted by Gasteiger charge is 2.06. The Kier molecular flexibility index (Phi) is 8.69. The summed E-state index contributed by atoms with van der Waals surface area (Å²) in [7, 11) is -2.78. The van der Waals surface area contributed by atoms with Gasteiger partial charge in [-0.1, -0.05) is 22.6 Å². The monoisotopic (exact) mass is 332 g/mol. The van der Waals surface area contributed by atoms with Gasteiger partial charge in [0.05, 0.1) is 0 Å². The maximum absolute atomic E-state index is 11.3. The highest BCUT2D eigenvalue weighted by Crippen LogP contribution is 2.15. The van der Waals surface area contributed by atoms with E-state index in [1.807, 2.05) is 7.05 Å². The summed E-state index contributed by atoms with van der Waals surface area (Å²) < 4.78 is 30.1. The summed E-state index contributed by atoms with van der Waals surface area (Å²) in [5.41, 5.74) is 6.94. The van der Waals surface area contributed by atoms with E-state index in [4.69, 9.17) is 5.84 Å². The zero-order valence-electron chi connectivity index (χ0n) is 13.3. The number of nitrogens with two attached hydrogens (primary N) is 2. The molecule has 1 aromatic carbocycles. The lowest BCUT2D eigenvalue weighted by Crippen LogP contribution is -2.25. The standard InChI is InChI=1S/C12H21N3.C2H4FNO2S/c1-4-15(5-2)12-8-6-11(7-9-12)10-14(3)13;1-2(4)7(3,5)6/h6-9H,4-5,10,13H2,1-3H3;1,4H2. The summed E-state index contributed by atoms with van der Waals surface area (Å²) in [4.78, 5) is 2.33. The summed E-state index contributed by atoms with van der Waals surface area (Å²) in [5, 5.41) is 0.736. The number of halogens is 1. The van der Waals surface area contributed by atoms with Gasteiger partial charge in [0.2, 0.25) is 0 Å². The Labute approximate surface area is 132 Å². The van der Waals surface area contributed by atoms with Crippen LogP contribution in [-0.2, 0) is 16.8 Å². The van der Waals surface area contributed by atoms with Crippen LogP contribution in [0, 0.1) is 0 Å². The van der Waals surface area contributed by atoms with Gasteiger partial charge in [0.15, 0.2) is 5.03 Å². The van der Waals surface area contributed by atoms with Crippen LogP contribution >= 0.6 is 0 Å². The number of benzene rings is 1. The predicted octanol–water partition coefficient (Wildman–Crippen LogP) is 1.55. The van der Waals surface area contributed by atoms with Crippen LogP contribution in [0.1, 0.15) is 19.4 Å². The van der Waals surface area contributed by atoms with Crippen molar-refractivity contribution >= 4 is 15.9 Å². The van der Waals surface area contributed by atoms with Crippen LogP contribution in [0.15, 0.2) is 35.9 Å². The van der Waals surface area contributed by atoms with Crippen LogP contribution in [0.25, 0.3) is 0 Å². The number of anilines is 1. The SMILES string of the molecule is C=C(N)S(=O)(=O)F.CCN(CC)c1ccc(CN(C)N)cc1. The minimum atomic E-state index is -4.66. The molecule has 0 radical (unpaired) electrons. The Morgan fingerprint density at radius 3 is 1.91 bits per heavy atom. The molecule has 0 heterocycles. The molecule has 0 spiro atoms. The Bertz CT molecular complexity index is 555. The molecule has 0 unspecified atom stereocenters. The van der Waals surface area contributed by atoms with Gasteiger partial charge < -0.3 is 10.6 Å². The van der Waals surface area contributed by atoms with Gasteiger partial charge >= 0.3 is 10.2 Å². The lowest BCUT2D eigenvalue weighted by atomic mass is 10.2. The number of nitrogens with zero attached hydrogens (tertiary/aromatic N) is 2. The van der Waals surface area contributed by atoms with Crippen LogP contribution in [0.3, 0.4) is 0 Å². The average Bonchev–Trinajstić information content (AvgIpc) is 2.41. The van der Waals surface area contributed by atoms with Crippen LogP contribution in [0.5, 0.6) is 0 Å². The van der Waals surface area contributed by atoms with Crippen molar-refractivity contribution in [3.63, 3.8) is 0 Å². The average molecular weight is 332 g/mol. The molecule has 0 saturated carbocycles. The third-order valence-corrected chi connectivity index (χ3v) is 3.44. The van der Waals surface area contributed by atoms with E-state index in [0.717, 1.165) is 19.6 Å². The summed E-state index contributed by atoms with van der Waals surface area (Å²) in [6.45, 7) is 9.87. The highest BCUT2D eigenvalue weighted by atomic mass is 32.3. The first-order chi connectivity index (χ1) is 10.1. The molecular formula is C14H25FN4O2S. The molecule has 0 bridgehead atoms. The maximum atomic E-state index is 11.3. The summed E-state index contributed by atoms with van der Waals surface area (Å²) in [5.74, 6) is 5.60. The van der Waals surface area contributed by atoms with Crippen molar-refractivity contribution in [1.29, 1.82) is 0 Å². The van der Waals surface area contributed by atoms with Crippen molar-refractivity contribution in [1.82, 2.24) is 5.01 Å². The van der Waals surface area contributed by atoms with E-state index in [9.17, 15) is 12.3 Å². The van der Waals surface area contributed by atoms with Crippen molar-refractivity contribution in [3.05, 3.63) is 41.4 Å². The molecule has 0 saturated heterocycles. The molecule has 126 valence electrons. The summed E-state index contributed by atoms with van der Waals surface area (Å²) in [6, 6.07) is 8.59. The molecule has 22 heavy (non-hydrogen) atoms. The van der Waals surface area contributed by atoms with Gasteiger partial charge in [-0.15, -0.1) is 0 Å².